The number of amides is 2. The standard InChI is InChI=1S/C19H19Br2N3O3/c1-11(2)18-22-16-8-5-13(21)9-15(16)19(26)24(18)23-17(25)10-27-14-6-3-12(20)4-7-14/h3-9,11,18,22H,10H2,1-2H3,(H,23,25). The average molecular weight is 497 g/mol. The average Bonchev–Trinajstić information content (AvgIpc) is 2.63. The van der Waals surface area contributed by atoms with Crippen molar-refractivity contribution >= 4 is 49.4 Å². The van der Waals surface area contributed by atoms with Gasteiger partial charge in [-0.1, -0.05) is 45.7 Å². The van der Waals surface area contributed by atoms with Crippen LogP contribution in [-0.2, 0) is 4.79 Å². The molecule has 3 rings (SSSR count). The number of rotatable bonds is 5. The highest BCUT2D eigenvalue weighted by Gasteiger charge is 2.35. The maximum Gasteiger partial charge on any atom is 0.276 e. The molecule has 2 aromatic carbocycles. The maximum atomic E-state index is 12.9. The van der Waals surface area contributed by atoms with Crippen LogP contribution in [0.2, 0.25) is 0 Å². The van der Waals surface area contributed by atoms with E-state index in [1.165, 1.54) is 5.01 Å². The molecule has 2 amide bonds. The summed E-state index contributed by atoms with van der Waals surface area (Å²) in [5.74, 6) is -0.0116. The molecule has 0 bridgehead atoms. The molecular weight excluding hydrogens is 478 g/mol. The van der Waals surface area contributed by atoms with Gasteiger partial charge in [0.15, 0.2) is 6.61 Å². The maximum absolute atomic E-state index is 12.9. The summed E-state index contributed by atoms with van der Waals surface area (Å²) in [6.45, 7) is 3.76. The molecule has 6 nitrogen and oxygen atoms in total. The van der Waals surface area contributed by atoms with Gasteiger partial charge in [-0.25, -0.2) is 5.01 Å². The SMILES string of the molecule is CC(C)C1Nc2ccc(Br)cc2C(=O)N1NC(=O)COc1ccc(Br)cc1. The predicted molar refractivity (Wildman–Crippen MR) is 110 cm³/mol. The molecule has 0 saturated heterocycles. The monoisotopic (exact) mass is 495 g/mol. The Balaban J connectivity index is 1.72. The molecule has 8 heteroatoms. The van der Waals surface area contributed by atoms with Gasteiger partial charge in [-0.05, 0) is 48.4 Å². The van der Waals surface area contributed by atoms with E-state index < -0.39 is 5.91 Å². The van der Waals surface area contributed by atoms with Crippen LogP contribution in [0.3, 0.4) is 0 Å². The summed E-state index contributed by atoms with van der Waals surface area (Å²) < 4.78 is 7.21. The minimum Gasteiger partial charge on any atom is -0.484 e. The van der Waals surface area contributed by atoms with Crippen LogP contribution in [0, 0.1) is 5.92 Å². The lowest BCUT2D eigenvalue weighted by molar-refractivity contribution is -0.128. The summed E-state index contributed by atoms with van der Waals surface area (Å²) in [6.07, 6.45) is -0.359. The summed E-state index contributed by atoms with van der Waals surface area (Å²) >= 11 is 6.73. The van der Waals surface area contributed by atoms with Crippen LogP contribution in [0.5, 0.6) is 5.75 Å². The number of halogens is 2. The van der Waals surface area contributed by atoms with Gasteiger partial charge >= 0.3 is 0 Å². The second-order valence-corrected chi connectivity index (χ2v) is 8.31. The third kappa shape index (κ3) is 4.62. The number of anilines is 1. The van der Waals surface area contributed by atoms with E-state index in [0.717, 1.165) is 14.6 Å². The zero-order valence-electron chi connectivity index (χ0n) is 14.8. The molecule has 2 N–H and O–H groups in total. The third-order valence-electron chi connectivity index (χ3n) is 4.07. The van der Waals surface area contributed by atoms with Gasteiger partial charge < -0.3 is 10.1 Å². The molecular formula is C19H19Br2N3O3. The largest absolute Gasteiger partial charge is 0.484 e. The second kappa shape index (κ2) is 8.31. The predicted octanol–water partition coefficient (Wildman–Crippen LogP) is 4.17. The number of fused-ring (bicyclic) bond motifs is 1. The first kappa shape index (κ1) is 19.7. The first-order chi connectivity index (χ1) is 12.8. The Bertz CT molecular complexity index is 856. The van der Waals surface area contributed by atoms with Crippen LogP contribution in [0.15, 0.2) is 51.4 Å². The van der Waals surface area contributed by atoms with Gasteiger partial charge in [-0.3, -0.25) is 15.0 Å². The summed E-state index contributed by atoms with van der Waals surface area (Å²) in [4.78, 5) is 25.3. The molecule has 0 saturated carbocycles. The number of hydrogen-bond donors (Lipinski definition) is 2. The van der Waals surface area contributed by atoms with Crippen molar-refractivity contribution in [1.29, 1.82) is 0 Å². The van der Waals surface area contributed by atoms with E-state index in [2.05, 4.69) is 42.6 Å². The fraction of sp³-hybridized carbons (Fsp3) is 0.263. The van der Waals surface area contributed by atoms with E-state index in [4.69, 9.17) is 4.74 Å². The molecule has 142 valence electrons. The first-order valence-electron chi connectivity index (χ1n) is 8.42. The highest BCUT2D eigenvalue weighted by atomic mass is 79.9. The van der Waals surface area contributed by atoms with Crippen molar-refractivity contribution in [2.24, 2.45) is 5.92 Å². The Hall–Kier alpha value is -2.06. The fourth-order valence-electron chi connectivity index (χ4n) is 2.73. The van der Waals surface area contributed by atoms with E-state index >= 15 is 0 Å². The van der Waals surface area contributed by atoms with E-state index in [1.54, 1.807) is 18.2 Å². The van der Waals surface area contributed by atoms with Gasteiger partial charge in [0.1, 0.15) is 11.9 Å². The van der Waals surface area contributed by atoms with Gasteiger partial charge in [-0.2, -0.15) is 0 Å². The number of carbonyl (C=O) groups is 2. The molecule has 2 aromatic rings. The number of nitrogens with one attached hydrogen (secondary N) is 2. The summed E-state index contributed by atoms with van der Waals surface area (Å²) in [5, 5.41) is 4.65. The van der Waals surface area contributed by atoms with Crippen LogP contribution in [0.1, 0.15) is 24.2 Å². The molecule has 27 heavy (non-hydrogen) atoms. The molecule has 1 heterocycles. The molecule has 1 aliphatic rings. The Labute approximate surface area is 174 Å². The summed E-state index contributed by atoms with van der Waals surface area (Å²) in [5.41, 5.74) is 3.92. The minimum absolute atomic E-state index is 0.0819. The quantitative estimate of drug-likeness (QED) is 0.651. The molecule has 0 aromatic heterocycles. The molecule has 0 spiro atoms. The molecule has 0 aliphatic carbocycles. The molecule has 0 fully saturated rings. The van der Waals surface area contributed by atoms with Gasteiger partial charge in [0, 0.05) is 14.6 Å². The van der Waals surface area contributed by atoms with Gasteiger partial charge in [-0.15, -0.1) is 0 Å². The number of carbonyl (C=O) groups excluding carboxylic acids is 2. The Morgan fingerprint density at radius 3 is 2.52 bits per heavy atom. The number of hydrazine groups is 1. The van der Waals surface area contributed by atoms with E-state index in [-0.39, 0.29) is 24.6 Å². The Morgan fingerprint density at radius 1 is 1.19 bits per heavy atom. The van der Waals surface area contributed by atoms with Gasteiger partial charge in [0.2, 0.25) is 0 Å². The van der Waals surface area contributed by atoms with Gasteiger partial charge in [0.05, 0.1) is 5.56 Å². The van der Waals surface area contributed by atoms with Crippen molar-refractivity contribution in [3.63, 3.8) is 0 Å². The van der Waals surface area contributed by atoms with Crippen LogP contribution in [0.25, 0.3) is 0 Å². The molecule has 1 atom stereocenters. The number of hydrogen-bond acceptors (Lipinski definition) is 4. The smallest absolute Gasteiger partial charge is 0.276 e. The van der Waals surface area contributed by atoms with Crippen LogP contribution in [0.4, 0.5) is 5.69 Å². The third-order valence-corrected chi connectivity index (χ3v) is 5.09. The van der Waals surface area contributed by atoms with Crippen LogP contribution < -0.4 is 15.5 Å². The van der Waals surface area contributed by atoms with Crippen LogP contribution >= 0.6 is 31.9 Å². The lowest BCUT2D eigenvalue weighted by atomic mass is 10.0. The lowest BCUT2D eigenvalue weighted by Gasteiger charge is -2.39. The van der Waals surface area contributed by atoms with Crippen molar-refractivity contribution in [3.8, 4) is 5.75 Å². The molecule has 1 aliphatic heterocycles. The van der Waals surface area contributed by atoms with E-state index in [9.17, 15) is 9.59 Å². The van der Waals surface area contributed by atoms with Crippen molar-refractivity contribution < 1.29 is 14.3 Å². The molecule has 0 radical (unpaired) electrons. The normalized spacial score (nSPS) is 16.0. The molecule has 1 unspecified atom stereocenters. The highest BCUT2D eigenvalue weighted by molar-refractivity contribution is 9.10. The minimum atomic E-state index is -0.405. The van der Waals surface area contributed by atoms with Crippen molar-refractivity contribution in [2.75, 3.05) is 11.9 Å². The van der Waals surface area contributed by atoms with Crippen molar-refractivity contribution in [2.45, 2.75) is 20.0 Å². The second-order valence-electron chi connectivity index (χ2n) is 6.48. The van der Waals surface area contributed by atoms with Gasteiger partial charge in [0.25, 0.3) is 11.8 Å². The topological polar surface area (TPSA) is 70.7 Å². The zero-order chi connectivity index (χ0) is 19.6. The zero-order valence-corrected chi connectivity index (χ0v) is 18.0. The van der Waals surface area contributed by atoms with Crippen molar-refractivity contribution in [3.05, 3.63) is 57.0 Å². The van der Waals surface area contributed by atoms with Crippen molar-refractivity contribution in [1.82, 2.24) is 10.4 Å². The number of benzene rings is 2. The fourth-order valence-corrected chi connectivity index (χ4v) is 3.36. The number of nitrogens with zero attached hydrogens (tertiary/aromatic N) is 1. The Morgan fingerprint density at radius 2 is 1.85 bits per heavy atom. The van der Waals surface area contributed by atoms with E-state index in [0.29, 0.717) is 11.3 Å². The Kier molecular flexibility index (Phi) is 6.06. The van der Waals surface area contributed by atoms with E-state index in [1.807, 2.05) is 38.1 Å². The number of ether oxygens (including phenoxy) is 1. The lowest BCUT2D eigenvalue weighted by Crippen LogP contribution is -2.59. The van der Waals surface area contributed by atoms with Crippen LogP contribution in [-0.4, -0.2) is 29.6 Å². The summed E-state index contributed by atoms with van der Waals surface area (Å²) in [7, 11) is 0. The highest BCUT2D eigenvalue weighted by Crippen LogP contribution is 2.29. The first-order valence-corrected chi connectivity index (χ1v) is 10.0. The summed E-state index contributed by atoms with van der Waals surface area (Å²) in [6, 6.07) is 12.6.